The number of aliphatic hydroxyl groups excluding tert-OH is 1. The molecule has 1 aromatic carbocycles. The summed E-state index contributed by atoms with van der Waals surface area (Å²) in [6.45, 7) is 5.09. The average molecular weight is 319 g/mol. The van der Waals surface area contributed by atoms with E-state index in [1.165, 1.54) is 0 Å². The number of hydrogen-bond donors (Lipinski definition) is 2. The maximum Gasteiger partial charge on any atom is 0.138 e. The Bertz CT molecular complexity index is 605. The van der Waals surface area contributed by atoms with Gasteiger partial charge < -0.3 is 15.2 Å². The predicted molar refractivity (Wildman–Crippen MR) is 88.0 cm³/mol. The fourth-order valence-electron chi connectivity index (χ4n) is 1.98. The molecule has 5 heteroatoms. The number of pyridine rings is 1. The Morgan fingerprint density at radius 2 is 2.09 bits per heavy atom. The van der Waals surface area contributed by atoms with Gasteiger partial charge in [-0.15, -0.1) is 0 Å². The third-order valence-corrected chi connectivity index (χ3v) is 3.41. The van der Waals surface area contributed by atoms with E-state index in [1.54, 1.807) is 30.6 Å². The third-order valence-electron chi connectivity index (χ3n) is 3.11. The van der Waals surface area contributed by atoms with Gasteiger partial charge in [-0.1, -0.05) is 30.3 Å². The smallest absolute Gasteiger partial charge is 0.138 e. The maximum absolute atomic E-state index is 10.0. The van der Waals surface area contributed by atoms with Gasteiger partial charge in [0, 0.05) is 25.5 Å². The Kier molecular flexibility index (Phi) is 6.40. The molecular weight excluding hydrogens is 300 g/mol. The van der Waals surface area contributed by atoms with Crippen LogP contribution in [0, 0.1) is 0 Å². The highest BCUT2D eigenvalue weighted by Gasteiger charge is 2.07. The molecule has 2 aromatic rings. The summed E-state index contributed by atoms with van der Waals surface area (Å²) in [4.78, 5) is 3.93. The van der Waals surface area contributed by atoms with Crippen molar-refractivity contribution in [1.82, 2.24) is 10.3 Å². The van der Waals surface area contributed by atoms with Gasteiger partial charge in [-0.3, -0.25) is 4.98 Å². The lowest BCUT2D eigenvalue weighted by molar-refractivity contribution is 0.174. The summed E-state index contributed by atoms with van der Waals surface area (Å²) in [5.41, 5.74) is 1.87. The molecule has 0 aliphatic rings. The molecule has 0 aliphatic heterocycles. The van der Waals surface area contributed by atoms with Crippen LogP contribution in [-0.2, 0) is 6.54 Å². The highest BCUT2D eigenvalue weighted by atomic mass is 35.5. The lowest BCUT2D eigenvalue weighted by atomic mass is 10.1. The van der Waals surface area contributed by atoms with E-state index in [2.05, 4.69) is 16.9 Å². The Morgan fingerprint density at radius 3 is 2.77 bits per heavy atom. The van der Waals surface area contributed by atoms with Crippen LogP contribution in [0.5, 0.6) is 5.75 Å². The number of nitrogens with one attached hydrogen (secondary N) is 1. The van der Waals surface area contributed by atoms with Crippen molar-refractivity contribution in [3.8, 4) is 5.75 Å². The summed E-state index contributed by atoms with van der Waals surface area (Å²) in [5, 5.41) is 13.8. The fourth-order valence-corrected chi connectivity index (χ4v) is 2.23. The first-order chi connectivity index (χ1) is 10.7. The van der Waals surface area contributed by atoms with Crippen molar-refractivity contribution < 1.29 is 9.84 Å². The van der Waals surface area contributed by atoms with Gasteiger partial charge >= 0.3 is 0 Å². The van der Waals surface area contributed by atoms with Crippen LogP contribution >= 0.6 is 11.6 Å². The van der Waals surface area contributed by atoms with Crippen molar-refractivity contribution in [2.24, 2.45) is 0 Å². The van der Waals surface area contributed by atoms with Gasteiger partial charge in [-0.25, -0.2) is 0 Å². The van der Waals surface area contributed by atoms with Crippen molar-refractivity contribution in [3.05, 3.63) is 71.5 Å². The number of rotatable bonds is 8. The van der Waals surface area contributed by atoms with Gasteiger partial charge in [0.1, 0.15) is 12.4 Å². The molecule has 1 unspecified atom stereocenters. The summed E-state index contributed by atoms with van der Waals surface area (Å²) in [6.07, 6.45) is 4.45. The van der Waals surface area contributed by atoms with E-state index in [9.17, 15) is 5.11 Å². The lowest BCUT2D eigenvalue weighted by Gasteiger charge is -2.13. The first-order valence-electron chi connectivity index (χ1n) is 7.01. The van der Waals surface area contributed by atoms with E-state index in [-0.39, 0.29) is 0 Å². The first-order valence-corrected chi connectivity index (χ1v) is 7.39. The van der Waals surface area contributed by atoms with Crippen LogP contribution in [0.25, 0.3) is 0 Å². The summed E-state index contributed by atoms with van der Waals surface area (Å²) < 4.78 is 5.43. The highest BCUT2D eigenvalue weighted by molar-refractivity contribution is 6.32. The molecule has 0 bridgehead atoms. The van der Waals surface area contributed by atoms with Crippen LogP contribution in [0.4, 0.5) is 0 Å². The Labute approximate surface area is 135 Å². The second-order valence-corrected chi connectivity index (χ2v) is 5.20. The Balaban J connectivity index is 1.84. The minimum absolute atomic E-state index is 0.426. The minimum atomic E-state index is -0.561. The maximum atomic E-state index is 10.0. The van der Waals surface area contributed by atoms with Gasteiger partial charge in [0.25, 0.3) is 0 Å². The molecule has 2 rings (SSSR count). The number of halogens is 1. The number of aromatic nitrogens is 1. The predicted octanol–water partition coefficient (Wildman–Crippen LogP) is 3.12. The summed E-state index contributed by atoms with van der Waals surface area (Å²) >= 11 is 6.16. The summed E-state index contributed by atoms with van der Waals surface area (Å²) in [5.74, 6) is 0.641. The van der Waals surface area contributed by atoms with Crippen LogP contribution in [0.3, 0.4) is 0 Å². The summed E-state index contributed by atoms with van der Waals surface area (Å²) in [7, 11) is 0. The molecule has 1 heterocycles. The van der Waals surface area contributed by atoms with E-state index in [0.717, 1.165) is 11.1 Å². The number of ether oxygens (including phenoxy) is 1. The average Bonchev–Trinajstić information content (AvgIpc) is 2.55. The molecule has 1 atom stereocenters. The first kappa shape index (κ1) is 16.5. The van der Waals surface area contributed by atoms with Crippen LogP contribution in [-0.4, -0.2) is 23.2 Å². The molecule has 0 fully saturated rings. The number of nitrogens with zero attached hydrogens (tertiary/aromatic N) is 1. The number of benzene rings is 1. The molecule has 2 N–H and O–H groups in total. The van der Waals surface area contributed by atoms with Crippen molar-refractivity contribution in [3.63, 3.8) is 0 Å². The molecule has 1 aromatic heterocycles. The monoisotopic (exact) mass is 318 g/mol. The molecule has 116 valence electrons. The van der Waals surface area contributed by atoms with Gasteiger partial charge in [0.15, 0.2) is 0 Å². The highest BCUT2D eigenvalue weighted by Crippen LogP contribution is 2.25. The SMILES string of the molecule is C=CCOc1ccc(CNCC(O)c2ccncc2)cc1Cl. The van der Waals surface area contributed by atoms with Crippen molar-refractivity contribution in [2.45, 2.75) is 12.6 Å². The largest absolute Gasteiger partial charge is 0.488 e. The van der Waals surface area contributed by atoms with E-state index < -0.39 is 6.10 Å². The molecule has 0 saturated carbocycles. The van der Waals surface area contributed by atoms with Crippen LogP contribution < -0.4 is 10.1 Å². The van der Waals surface area contributed by atoms with Gasteiger partial charge in [-0.05, 0) is 35.4 Å². The number of aliphatic hydroxyl groups is 1. The molecular formula is C17H19ClN2O2. The van der Waals surface area contributed by atoms with Crippen molar-refractivity contribution in [1.29, 1.82) is 0 Å². The van der Waals surface area contributed by atoms with Crippen LogP contribution in [0.1, 0.15) is 17.2 Å². The zero-order valence-corrected chi connectivity index (χ0v) is 13.0. The fraction of sp³-hybridized carbons (Fsp3) is 0.235. The zero-order chi connectivity index (χ0) is 15.8. The zero-order valence-electron chi connectivity index (χ0n) is 12.2. The van der Waals surface area contributed by atoms with Gasteiger partial charge in [-0.2, -0.15) is 0 Å². The van der Waals surface area contributed by atoms with Gasteiger partial charge in [0.05, 0.1) is 11.1 Å². The second kappa shape index (κ2) is 8.54. The topological polar surface area (TPSA) is 54.4 Å². The second-order valence-electron chi connectivity index (χ2n) is 4.79. The molecule has 22 heavy (non-hydrogen) atoms. The van der Waals surface area contributed by atoms with E-state index >= 15 is 0 Å². The molecule has 0 aliphatic carbocycles. The standard InChI is InChI=1S/C17H19ClN2O2/c1-2-9-22-17-4-3-13(10-15(17)18)11-20-12-16(21)14-5-7-19-8-6-14/h2-8,10,16,20-21H,1,9,11-12H2. The third kappa shape index (κ3) is 4.84. The van der Waals surface area contributed by atoms with Crippen molar-refractivity contribution in [2.75, 3.05) is 13.2 Å². The van der Waals surface area contributed by atoms with E-state index in [4.69, 9.17) is 16.3 Å². The number of hydrogen-bond acceptors (Lipinski definition) is 4. The Morgan fingerprint density at radius 1 is 1.32 bits per heavy atom. The van der Waals surface area contributed by atoms with Crippen LogP contribution in [0.2, 0.25) is 5.02 Å². The lowest BCUT2D eigenvalue weighted by Crippen LogP contribution is -2.21. The van der Waals surface area contributed by atoms with E-state index in [1.807, 2.05) is 18.2 Å². The van der Waals surface area contributed by atoms with Crippen molar-refractivity contribution >= 4 is 11.6 Å². The van der Waals surface area contributed by atoms with Crippen LogP contribution in [0.15, 0.2) is 55.4 Å². The quantitative estimate of drug-likeness (QED) is 0.734. The van der Waals surface area contributed by atoms with E-state index in [0.29, 0.717) is 30.5 Å². The Hall–Kier alpha value is -1.88. The minimum Gasteiger partial charge on any atom is -0.488 e. The molecule has 0 spiro atoms. The molecule has 0 amide bonds. The van der Waals surface area contributed by atoms with Gasteiger partial charge in [0.2, 0.25) is 0 Å². The normalized spacial score (nSPS) is 11.9. The molecule has 0 saturated heterocycles. The molecule has 0 radical (unpaired) electrons. The molecule has 4 nitrogen and oxygen atoms in total. The summed E-state index contributed by atoms with van der Waals surface area (Å²) in [6, 6.07) is 9.23.